The Hall–Kier alpha value is -0.350. The summed E-state index contributed by atoms with van der Waals surface area (Å²) in [5.74, 6) is 1.64. The summed E-state index contributed by atoms with van der Waals surface area (Å²) in [4.78, 5) is 18.2. The molecule has 0 bridgehead atoms. The monoisotopic (exact) mass is 574 g/mol. The first-order valence-electron chi connectivity index (χ1n) is 7.10. The standard InChI is InChI=1S/C16H17I2O5P/c1-9(2)12-7-11(3-4-15(12)19)23-16-13(17)5-10(6-14(16)18)8-24(20,21)22/h3-7,9,19H,8H2,1-2H3,(H2,20,21,22). The molecule has 0 fully saturated rings. The highest BCUT2D eigenvalue weighted by Crippen LogP contribution is 2.42. The van der Waals surface area contributed by atoms with E-state index in [-0.39, 0.29) is 17.8 Å². The Bertz CT molecular complexity index is 778. The molecule has 0 heterocycles. The highest BCUT2D eigenvalue weighted by molar-refractivity contribution is 14.1. The summed E-state index contributed by atoms with van der Waals surface area (Å²) >= 11 is 4.17. The van der Waals surface area contributed by atoms with Crippen LogP contribution < -0.4 is 4.74 Å². The van der Waals surface area contributed by atoms with E-state index in [2.05, 4.69) is 45.2 Å². The minimum absolute atomic E-state index is 0.164. The summed E-state index contributed by atoms with van der Waals surface area (Å²) in [5.41, 5.74) is 1.37. The smallest absolute Gasteiger partial charge is 0.329 e. The van der Waals surface area contributed by atoms with Gasteiger partial charge in [0.15, 0.2) is 5.75 Å². The highest BCUT2D eigenvalue weighted by Gasteiger charge is 2.18. The van der Waals surface area contributed by atoms with Gasteiger partial charge in [-0.2, -0.15) is 0 Å². The molecule has 0 aliphatic carbocycles. The number of aromatic hydroxyl groups is 1. The van der Waals surface area contributed by atoms with E-state index in [0.717, 1.165) is 12.7 Å². The quantitative estimate of drug-likeness (QED) is 0.338. The van der Waals surface area contributed by atoms with Gasteiger partial charge in [0, 0.05) is 5.56 Å². The number of hydrogen-bond acceptors (Lipinski definition) is 3. The fraction of sp³-hybridized carbons (Fsp3) is 0.250. The predicted molar refractivity (Wildman–Crippen MR) is 110 cm³/mol. The zero-order valence-electron chi connectivity index (χ0n) is 13.0. The maximum Gasteiger partial charge on any atom is 0.329 e. The number of phenolic OH excluding ortho intramolecular Hbond substituents is 1. The minimum Gasteiger partial charge on any atom is -0.508 e. The van der Waals surface area contributed by atoms with Crippen LogP contribution in [0.4, 0.5) is 0 Å². The summed E-state index contributed by atoms with van der Waals surface area (Å²) in [6.45, 7) is 3.98. The van der Waals surface area contributed by atoms with Gasteiger partial charge >= 0.3 is 7.60 Å². The molecule has 0 atom stereocenters. The van der Waals surface area contributed by atoms with Crippen LogP contribution >= 0.6 is 52.8 Å². The Kier molecular flexibility index (Phi) is 6.58. The van der Waals surface area contributed by atoms with Crippen LogP contribution in [0.5, 0.6) is 17.2 Å². The Labute approximate surface area is 167 Å². The maximum absolute atomic E-state index is 11.2. The SMILES string of the molecule is CC(C)c1cc(Oc2c(I)cc(CP(=O)(O)O)cc2I)ccc1O. The van der Waals surface area contributed by atoms with Gasteiger partial charge in [0.05, 0.1) is 13.3 Å². The van der Waals surface area contributed by atoms with Crippen molar-refractivity contribution in [3.63, 3.8) is 0 Å². The van der Waals surface area contributed by atoms with E-state index >= 15 is 0 Å². The van der Waals surface area contributed by atoms with E-state index in [0.29, 0.717) is 17.1 Å². The average molecular weight is 574 g/mol. The molecule has 0 aliphatic heterocycles. The number of benzene rings is 2. The van der Waals surface area contributed by atoms with Gasteiger partial charge in [-0.05, 0) is 87.0 Å². The van der Waals surface area contributed by atoms with Gasteiger partial charge in [0.2, 0.25) is 0 Å². The molecule has 0 unspecified atom stereocenters. The molecule has 0 aromatic heterocycles. The van der Waals surface area contributed by atoms with Crippen molar-refractivity contribution in [3.05, 3.63) is 48.6 Å². The average Bonchev–Trinajstić information content (AvgIpc) is 2.42. The van der Waals surface area contributed by atoms with E-state index in [1.807, 2.05) is 13.8 Å². The number of rotatable bonds is 5. The van der Waals surface area contributed by atoms with Crippen LogP contribution in [0.2, 0.25) is 0 Å². The summed E-state index contributed by atoms with van der Waals surface area (Å²) in [6.07, 6.45) is -0.296. The molecule has 8 heteroatoms. The van der Waals surface area contributed by atoms with Crippen LogP contribution in [0.25, 0.3) is 0 Å². The van der Waals surface area contributed by atoms with Crippen molar-refractivity contribution in [1.29, 1.82) is 0 Å². The van der Waals surface area contributed by atoms with Gasteiger partial charge in [-0.1, -0.05) is 13.8 Å². The van der Waals surface area contributed by atoms with Crippen molar-refractivity contribution >= 4 is 52.8 Å². The minimum atomic E-state index is -4.11. The van der Waals surface area contributed by atoms with E-state index in [9.17, 15) is 9.67 Å². The fourth-order valence-electron chi connectivity index (χ4n) is 2.22. The zero-order valence-corrected chi connectivity index (χ0v) is 18.2. The van der Waals surface area contributed by atoms with Crippen LogP contribution in [-0.4, -0.2) is 14.9 Å². The lowest BCUT2D eigenvalue weighted by Gasteiger charge is -2.15. The second-order valence-corrected chi connectivity index (χ2v) is 9.66. The van der Waals surface area contributed by atoms with Crippen LogP contribution in [0.15, 0.2) is 30.3 Å². The van der Waals surface area contributed by atoms with Gasteiger partial charge in [0.1, 0.15) is 11.5 Å². The van der Waals surface area contributed by atoms with Crippen molar-refractivity contribution in [2.24, 2.45) is 0 Å². The molecule has 0 amide bonds. The molecular weight excluding hydrogens is 557 g/mol. The Morgan fingerprint density at radius 3 is 2.21 bits per heavy atom. The molecule has 0 saturated carbocycles. The Morgan fingerprint density at radius 1 is 1.12 bits per heavy atom. The van der Waals surface area contributed by atoms with Gasteiger partial charge in [0.25, 0.3) is 0 Å². The van der Waals surface area contributed by atoms with Crippen LogP contribution in [0, 0.1) is 7.14 Å². The molecule has 0 spiro atoms. The largest absolute Gasteiger partial charge is 0.508 e. The number of hydrogen-bond donors (Lipinski definition) is 3. The first-order valence-corrected chi connectivity index (χ1v) is 11.1. The number of phenols is 1. The van der Waals surface area contributed by atoms with E-state index in [4.69, 9.17) is 14.5 Å². The van der Waals surface area contributed by atoms with E-state index < -0.39 is 7.60 Å². The lowest BCUT2D eigenvalue weighted by atomic mass is 10.0. The first-order chi connectivity index (χ1) is 11.1. The van der Waals surface area contributed by atoms with Crippen LogP contribution in [-0.2, 0) is 10.7 Å². The van der Waals surface area contributed by atoms with Crippen molar-refractivity contribution in [3.8, 4) is 17.2 Å². The maximum atomic E-state index is 11.2. The Balaban J connectivity index is 2.34. The molecule has 0 aliphatic rings. The molecule has 3 N–H and O–H groups in total. The lowest BCUT2D eigenvalue weighted by Crippen LogP contribution is -1.96. The second-order valence-electron chi connectivity index (χ2n) is 5.69. The van der Waals surface area contributed by atoms with Crippen molar-refractivity contribution < 1.29 is 24.2 Å². The number of ether oxygens (including phenoxy) is 1. The Morgan fingerprint density at radius 2 is 1.71 bits per heavy atom. The highest BCUT2D eigenvalue weighted by atomic mass is 127. The molecule has 0 saturated heterocycles. The molecule has 130 valence electrons. The predicted octanol–water partition coefficient (Wildman–Crippen LogP) is 5.19. The van der Waals surface area contributed by atoms with E-state index in [1.165, 1.54) is 0 Å². The second kappa shape index (κ2) is 7.90. The molecule has 24 heavy (non-hydrogen) atoms. The van der Waals surface area contributed by atoms with Crippen molar-refractivity contribution in [1.82, 2.24) is 0 Å². The third kappa shape index (κ3) is 5.32. The van der Waals surface area contributed by atoms with Gasteiger partial charge in [-0.3, -0.25) is 4.57 Å². The number of halogens is 2. The lowest BCUT2D eigenvalue weighted by molar-refractivity contribution is 0.371. The van der Waals surface area contributed by atoms with E-state index in [1.54, 1.807) is 30.3 Å². The first kappa shape index (κ1) is 20.0. The zero-order chi connectivity index (χ0) is 18.1. The normalized spacial score (nSPS) is 11.8. The van der Waals surface area contributed by atoms with Gasteiger partial charge < -0.3 is 19.6 Å². The molecule has 2 rings (SSSR count). The summed E-state index contributed by atoms with van der Waals surface area (Å²) in [6, 6.07) is 8.51. The summed E-state index contributed by atoms with van der Waals surface area (Å²) in [7, 11) is -4.11. The fourth-order valence-corrected chi connectivity index (χ4v) is 4.99. The van der Waals surface area contributed by atoms with Crippen molar-refractivity contribution in [2.45, 2.75) is 25.9 Å². The summed E-state index contributed by atoms with van der Waals surface area (Å²) < 4.78 is 18.6. The third-order valence-electron chi connectivity index (χ3n) is 3.29. The molecule has 5 nitrogen and oxygen atoms in total. The third-order valence-corrected chi connectivity index (χ3v) is 5.67. The van der Waals surface area contributed by atoms with Crippen LogP contribution in [0.3, 0.4) is 0 Å². The molecular formula is C16H17I2O5P. The summed E-state index contributed by atoms with van der Waals surface area (Å²) in [5, 5.41) is 9.89. The topological polar surface area (TPSA) is 87.0 Å². The molecule has 2 aromatic rings. The van der Waals surface area contributed by atoms with Gasteiger partial charge in [-0.15, -0.1) is 0 Å². The molecule has 2 aromatic carbocycles. The van der Waals surface area contributed by atoms with Crippen LogP contribution in [0.1, 0.15) is 30.9 Å². The van der Waals surface area contributed by atoms with Crippen molar-refractivity contribution in [2.75, 3.05) is 0 Å². The molecule has 0 radical (unpaired) electrons. The van der Waals surface area contributed by atoms with Gasteiger partial charge in [-0.25, -0.2) is 0 Å².